The van der Waals surface area contributed by atoms with E-state index >= 15 is 0 Å². The van der Waals surface area contributed by atoms with Gasteiger partial charge in [-0.15, -0.1) is 0 Å². The number of rotatable bonds is 5. The topological polar surface area (TPSA) is 72.2 Å². The van der Waals surface area contributed by atoms with Gasteiger partial charge in [-0.3, -0.25) is 0 Å². The fourth-order valence-electron chi connectivity index (χ4n) is 2.60. The van der Waals surface area contributed by atoms with Gasteiger partial charge in [-0.1, -0.05) is 19.3 Å². The number of nitrogens with one attached hydrogen (secondary N) is 1. The number of sulfonamides is 1. The van der Waals surface area contributed by atoms with Crippen molar-refractivity contribution in [2.24, 2.45) is 5.92 Å². The van der Waals surface area contributed by atoms with E-state index in [1.807, 2.05) is 0 Å². The quantitative estimate of drug-likeness (QED) is 0.821. The van der Waals surface area contributed by atoms with Crippen molar-refractivity contribution in [1.82, 2.24) is 4.72 Å². The summed E-state index contributed by atoms with van der Waals surface area (Å²) in [4.78, 5) is 0.102. The third-order valence-electron chi connectivity index (χ3n) is 4.04. The second-order valence-corrected chi connectivity index (χ2v) is 7.23. The summed E-state index contributed by atoms with van der Waals surface area (Å²) in [6, 6.07) is 1.17. The smallest absolute Gasteiger partial charge is 0.241 e. The van der Waals surface area contributed by atoms with Gasteiger partial charge < -0.3 is 5.73 Å². The second kappa shape index (κ2) is 5.69. The van der Waals surface area contributed by atoms with E-state index in [1.165, 1.54) is 32.3 Å². The predicted molar refractivity (Wildman–Crippen MR) is 77.4 cm³/mol. The molecule has 1 aromatic rings. The number of hydrogen-bond acceptors (Lipinski definition) is 3. The van der Waals surface area contributed by atoms with Crippen LogP contribution in [-0.2, 0) is 10.0 Å². The molecule has 0 unspecified atom stereocenters. The van der Waals surface area contributed by atoms with Crippen LogP contribution >= 0.6 is 0 Å². The Morgan fingerprint density at radius 2 is 2.05 bits per heavy atom. The highest BCUT2D eigenvalue weighted by atomic mass is 32.2. The fraction of sp³-hybridized carbons (Fsp3) is 0.571. The normalized spacial score (nSPS) is 16.1. The van der Waals surface area contributed by atoms with Crippen molar-refractivity contribution in [2.45, 2.75) is 44.4 Å². The Bertz CT molecular complexity index is 610. The van der Waals surface area contributed by atoms with Crippen molar-refractivity contribution in [3.63, 3.8) is 0 Å². The van der Waals surface area contributed by atoms with E-state index in [9.17, 15) is 12.8 Å². The summed E-state index contributed by atoms with van der Waals surface area (Å²) in [6.45, 7) is 3.53. The Morgan fingerprint density at radius 3 is 2.60 bits per heavy atom. The molecule has 0 bridgehead atoms. The Balaban J connectivity index is 2.18. The van der Waals surface area contributed by atoms with Gasteiger partial charge in [0.1, 0.15) is 5.82 Å². The van der Waals surface area contributed by atoms with Gasteiger partial charge in [-0.05, 0) is 43.4 Å². The lowest BCUT2D eigenvalue weighted by molar-refractivity contribution is 0.297. The maximum absolute atomic E-state index is 13.5. The maximum Gasteiger partial charge on any atom is 0.241 e. The van der Waals surface area contributed by atoms with Gasteiger partial charge in [0.05, 0.1) is 10.6 Å². The van der Waals surface area contributed by atoms with Crippen LogP contribution in [0, 0.1) is 25.6 Å². The van der Waals surface area contributed by atoms with Gasteiger partial charge in [0.25, 0.3) is 0 Å². The highest BCUT2D eigenvalue weighted by Crippen LogP contribution is 2.30. The average molecular weight is 300 g/mol. The lowest BCUT2D eigenvalue weighted by Gasteiger charge is -2.25. The van der Waals surface area contributed by atoms with E-state index in [2.05, 4.69) is 4.72 Å². The molecule has 0 radical (unpaired) electrons. The molecule has 112 valence electrons. The summed E-state index contributed by atoms with van der Waals surface area (Å²) in [5.74, 6) is 0.0617. The molecule has 0 amide bonds. The Labute approximate surface area is 119 Å². The Hall–Kier alpha value is -1.14. The zero-order valence-corrected chi connectivity index (χ0v) is 12.7. The molecule has 4 nitrogen and oxygen atoms in total. The predicted octanol–water partition coefficient (Wildman–Crippen LogP) is 2.49. The number of halogens is 1. The molecule has 0 saturated heterocycles. The van der Waals surface area contributed by atoms with E-state index in [0.29, 0.717) is 18.0 Å². The monoisotopic (exact) mass is 300 g/mol. The zero-order chi connectivity index (χ0) is 14.9. The summed E-state index contributed by atoms with van der Waals surface area (Å²) in [7, 11) is -3.64. The molecule has 6 heteroatoms. The molecule has 1 fully saturated rings. The first-order valence-corrected chi connectivity index (χ1v) is 8.36. The van der Waals surface area contributed by atoms with Gasteiger partial charge in [0.15, 0.2) is 0 Å². The molecular weight excluding hydrogens is 279 g/mol. The molecule has 0 aliphatic heterocycles. The van der Waals surface area contributed by atoms with Crippen LogP contribution in [-0.4, -0.2) is 15.0 Å². The minimum absolute atomic E-state index is 0.102. The number of aryl methyl sites for hydroxylation is 1. The van der Waals surface area contributed by atoms with Gasteiger partial charge in [0.2, 0.25) is 10.0 Å². The molecule has 3 N–H and O–H groups in total. The molecule has 0 aromatic heterocycles. The first kappa shape index (κ1) is 15.3. The van der Waals surface area contributed by atoms with Gasteiger partial charge in [-0.25, -0.2) is 17.5 Å². The molecule has 1 aliphatic carbocycles. The number of nitrogen functional groups attached to an aromatic ring is 1. The number of benzene rings is 1. The number of anilines is 1. The molecule has 2 rings (SSSR count). The summed E-state index contributed by atoms with van der Waals surface area (Å²) in [5.41, 5.74) is 6.14. The standard InChI is InChI=1S/C14H21FN2O2S/c1-9-8-12(15)13(16)10(2)14(9)20(18,19)17-7-6-11-4-3-5-11/h8,11,17H,3-7,16H2,1-2H3. The van der Waals surface area contributed by atoms with E-state index in [1.54, 1.807) is 6.92 Å². The minimum Gasteiger partial charge on any atom is -0.396 e. The molecule has 0 atom stereocenters. The van der Waals surface area contributed by atoms with Crippen molar-refractivity contribution < 1.29 is 12.8 Å². The first-order valence-electron chi connectivity index (χ1n) is 6.87. The summed E-state index contributed by atoms with van der Waals surface area (Å²) >= 11 is 0. The highest BCUT2D eigenvalue weighted by molar-refractivity contribution is 7.89. The van der Waals surface area contributed by atoms with Gasteiger partial charge in [0, 0.05) is 6.54 Å². The summed E-state index contributed by atoms with van der Waals surface area (Å²) in [6.07, 6.45) is 4.46. The van der Waals surface area contributed by atoms with Crippen molar-refractivity contribution in [3.8, 4) is 0 Å². The number of nitrogens with two attached hydrogens (primary N) is 1. The summed E-state index contributed by atoms with van der Waals surface area (Å²) < 4.78 is 40.7. The lowest BCUT2D eigenvalue weighted by atomic mass is 9.83. The molecule has 20 heavy (non-hydrogen) atoms. The van der Waals surface area contributed by atoms with E-state index < -0.39 is 15.8 Å². The van der Waals surface area contributed by atoms with Crippen LogP contribution in [0.1, 0.15) is 36.8 Å². The average Bonchev–Trinajstić information content (AvgIpc) is 2.29. The molecule has 0 spiro atoms. The minimum atomic E-state index is -3.64. The Kier molecular flexibility index (Phi) is 4.34. The van der Waals surface area contributed by atoms with Gasteiger partial charge in [-0.2, -0.15) is 0 Å². The van der Waals surface area contributed by atoms with Crippen LogP contribution in [0.15, 0.2) is 11.0 Å². The highest BCUT2D eigenvalue weighted by Gasteiger charge is 2.24. The molecule has 1 aromatic carbocycles. The number of hydrogen-bond donors (Lipinski definition) is 2. The van der Waals surface area contributed by atoms with Gasteiger partial charge >= 0.3 is 0 Å². The van der Waals surface area contributed by atoms with Crippen LogP contribution in [0.25, 0.3) is 0 Å². The lowest BCUT2D eigenvalue weighted by Crippen LogP contribution is -2.29. The SMILES string of the molecule is Cc1cc(F)c(N)c(C)c1S(=O)(=O)NCCC1CCC1. The van der Waals surface area contributed by atoms with Crippen molar-refractivity contribution >= 4 is 15.7 Å². The molecule has 1 aliphatic rings. The van der Waals surface area contributed by atoms with E-state index in [0.717, 1.165) is 6.42 Å². The molecule has 0 heterocycles. The molecule has 1 saturated carbocycles. The Morgan fingerprint density at radius 1 is 1.40 bits per heavy atom. The van der Waals surface area contributed by atoms with Crippen molar-refractivity contribution in [2.75, 3.05) is 12.3 Å². The van der Waals surface area contributed by atoms with E-state index in [4.69, 9.17) is 5.73 Å². The van der Waals surface area contributed by atoms with Crippen LogP contribution < -0.4 is 10.5 Å². The third-order valence-corrected chi connectivity index (χ3v) is 5.79. The third kappa shape index (κ3) is 2.96. The maximum atomic E-state index is 13.5. The van der Waals surface area contributed by atoms with Crippen LogP contribution in [0.2, 0.25) is 0 Å². The first-order chi connectivity index (χ1) is 9.33. The van der Waals surface area contributed by atoms with E-state index in [-0.39, 0.29) is 16.1 Å². The summed E-state index contributed by atoms with van der Waals surface area (Å²) in [5, 5.41) is 0. The van der Waals surface area contributed by atoms with Crippen LogP contribution in [0.3, 0.4) is 0 Å². The largest absolute Gasteiger partial charge is 0.396 e. The van der Waals surface area contributed by atoms with Crippen molar-refractivity contribution in [1.29, 1.82) is 0 Å². The van der Waals surface area contributed by atoms with Crippen LogP contribution in [0.4, 0.5) is 10.1 Å². The fourth-order valence-corrected chi connectivity index (χ4v) is 4.12. The second-order valence-electron chi connectivity index (χ2n) is 5.53. The zero-order valence-electron chi connectivity index (χ0n) is 11.9. The van der Waals surface area contributed by atoms with Crippen LogP contribution in [0.5, 0.6) is 0 Å². The molecular formula is C14H21FN2O2S. The van der Waals surface area contributed by atoms with Crippen molar-refractivity contribution in [3.05, 3.63) is 23.0 Å².